The molecule has 0 radical (unpaired) electrons. The van der Waals surface area contributed by atoms with E-state index in [2.05, 4.69) is 56.0 Å². The molecule has 1 aromatic rings. The molecule has 2 rings (SSSR count). The standard InChI is InChI=1S/C18H27NS/c1-4-5-6-7-10-13-19-16-11-8-9-12-17(16)20-18(19)14-15(2)3/h8-9,11-12,14-15H,4-7,10,13H2,1-3H3/b18-14-. The number of hydrogen-bond acceptors (Lipinski definition) is 2. The number of allylic oxidation sites excluding steroid dienone is 1. The summed E-state index contributed by atoms with van der Waals surface area (Å²) in [6.45, 7) is 7.95. The van der Waals surface area contributed by atoms with E-state index in [1.54, 1.807) is 0 Å². The van der Waals surface area contributed by atoms with Crippen molar-refractivity contribution in [2.75, 3.05) is 11.4 Å². The predicted molar refractivity (Wildman–Crippen MR) is 91.3 cm³/mol. The fourth-order valence-corrected chi connectivity index (χ4v) is 3.86. The second kappa shape index (κ2) is 7.78. The second-order valence-corrected chi connectivity index (χ2v) is 6.95. The molecule has 1 aromatic carbocycles. The Morgan fingerprint density at radius 1 is 1.10 bits per heavy atom. The van der Waals surface area contributed by atoms with Gasteiger partial charge in [-0.25, -0.2) is 0 Å². The van der Waals surface area contributed by atoms with Gasteiger partial charge in [-0.15, -0.1) is 0 Å². The van der Waals surface area contributed by atoms with Crippen LogP contribution >= 0.6 is 11.8 Å². The van der Waals surface area contributed by atoms with Crippen LogP contribution in [0.2, 0.25) is 0 Å². The summed E-state index contributed by atoms with van der Waals surface area (Å²) in [6, 6.07) is 8.80. The lowest BCUT2D eigenvalue weighted by atomic mass is 10.1. The lowest BCUT2D eigenvalue weighted by molar-refractivity contribution is 0.632. The van der Waals surface area contributed by atoms with Gasteiger partial charge in [-0.3, -0.25) is 0 Å². The Morgan fingerprint density at radius 3 is 2.60 bits per heavy atom. The SMILES string of the molecule is CCCCCCCN1/C(=C/C(C)C)Sc2ccccc21. The van der Waals surface area contributed by atoms with E-state index in [0.29, 0.717) is 5.92 Å². The molecule has 0 aliphatic carbocycles. The monoisotopic (exact) mass is 289 g/mol. The van der Waals surface area contributed by atoms with Gasteiger partial charge < -0.3 is 4.90 Å². The molecule has 20 heavy (non-hydrogen) atoms. The number of unbranched alkanes of at least 4 members (excludes halogenated alkanes) is 4. The Labute approximate surface area is 128 Å². The molecule has 0 unspecified atom stereocenters. The zero-order valence-corrected chi connectivity index (χ0v) is 13.9. The van der Waals surface area contributed by atoms with Gasteiger partial charge in [-0.2, -0.15) is 0 Å². The number of hydrogen-bond donors (Lipinski definition) is 0. The molecule has 0 amide bonds. The van der Waals surface area contributed by atoms with Crippen molar-refractivity contribution in [1.29, 1.82) is 0 Å². The van der Waals surface area contributed by atoms with Crippen LogP contribution in [0.3, 0.4) is 0 Å². The number of benzene rings is 1. The summed E-state index contributed by atoms with van der Waals surface area (Å²) in [7, 11) is 0. The molecule has 0 fully saturated rings. The van der Waals surface area contributed by atoms with Crippen LogP contribution in [0.15, 0.2) is 40.3 Å². The van der Waals surface area contributed by atoms with Gasteiger partial charge in [0.25, 0.3) is 0 Å². The summed E-state index contributed by atoms with van der Waals surface area (Å²) in [5.41, 5.74) is 1.40. The number of fused-ring (bicyclic) bond motifs is 1. The van der Waals surface area contributed by atoms with Crippen LogP contribution in [0.4, 0.5) is 5.69 Å². The van der Waals surface area contributed by atoms with Crippen LogP contribution in [0.25, 0.3) is 0 Å². The average Bonchev–Trinajstić information content (AvgIpc) is 2.75. The lowest BCUT2D eigenvalue weighted by Gasteiger charge is -2.21. The molecule has 0 atom stereocenters. The predicted octanol–water partition coefficient (Wildman–Crippen LogP) is 6.07. The molecule has 1 aliphatic rings. The maximum Gasteiger partial charge on any atom is 0.0763 e. The van der Waals surface area contributed by atoms with Gasteiger partial charge >= 0.3 is 0 Å². The first-order valence-electron chi connectivity index (χ1n) is 7.98. The molecule has 2 heteroatoms. The highest BCUT2D eigenvalue weighted by Gasteiger charge is 2.24. The van der Waals surface area contributed by atoms with E-state index in [-0.39, 0.29) is 0 Å². The van der Waals surface area contributed by atoms with Crippen molar-refractivity contribution < 1.29 is 0 Å². The summed E-state index contributed by atoms with van der Waals surface area (Å²) in [5, 5.41) is 1.43. The van der Waals surface area contributed by atoms with Gasteiger partial charge in [-0.05, 0) is 24.5 Å². The van der Waals surface area contributed by atoms with E-state index in [1.165, 1.54) is 47.7 Å². The van der Waals surface area contributed by atoms with Crippen molar-refractivity contribution >= 4 is 17.4 Å². The largest absolute Gasteiger partial charge is 0.335 e. The summed E-state index contributed by atoms with van der Waals surface area (Å²) < 4.78 is 0. The third kappa shape index (κ3) is 4.05. The van der Waals surface area contributed by atoms with E-state index in [4.69, 9.17) is 0 Å². The van der Waals surface area contributed by atoms with Crippen molar-refractivity contribution in [2.45, 2.75) is 57.8 Å². The Kier molecular flexibility index (Phi) is 6.03. The Balaban J connectivity index is 2.01. The third-order valence-corrected chi connectivity index (χ3v) is 4.73. The number of anilines is 1. The normalized spacial score (nSPS) is 16.2. The van der Waals surface area contributed by atoms with E-state index < -0.39 is 0 Å². The number of thioether (sulfide) groups is 1. The zero-order chi connectivity index (χ0) is 14.4. The van der Waals surface area contributed by atoms with Crippen molar-refractivity contribution in [3.05, 3.63) is 35.4 Å². The van der Waals surface area contributed by atoms with Crippen LogP contribution < -0.4 is 4.90 Å². The minimum absolute atomic E-state index is 0.606. The Hall–Kier alpha value is -0.890. The highest BCUT2D eigenvalue weighted by molar-refractivity contribution is 8.03. The zero-order valence-electron chi connectivity index (χ0n) is 13.1. The van der Waals surface area contributed by atoms with E-state index in [0.717, 1.165) is 6.54 Å². The molecule has 0 bridgehead atoms. The summed E-state index contributed by atoms with van der Waals surface area (Å²) in [4.78, 5) is 3.93. The molecule has 0 aromatic heterocycles. The summed E-state index contributed by atoms with van der Waals surface area (Å²) in [5.74, 6) is 0.606. The van der Waals surface area contributed by atoms with Gasteiger partial charge in [0.15, 0.2) is 0 Å². The molecule has 0 saturated heterocycles. The van der Waals surface area contributed by atoms with Crippen LogP contribution in [0, 0.1) is 5.92 Å². The van der Waals surface area contributed by atoms with Crippen molar-refractivity contribution in [3.8, 4) is 0 Å². The fraction of sp³-hybridized carbons (Fsp3) is 0.556. The first-order chi connectivity index (χ1) is 9.72. The molecular formula is C18H27NS. The van der Waals surface area contributed by atoms with Crippen LogP contribution in [0.5, 0.6) is 0 Å². The molecule has 0 saturated carbocycles. The molecule has 0 N–H and O–H groups in total. The topological polar surface area (TPSA) is 3.24 Å². The highest BCUT2D eigenvalue weighted by atomic mass is 32.2. The number of para-hydroxylation sites is 1. The molecule has 0 spiro atoms. The summed E-state index contributed by atoms with van der Waals surface area (Å²) >= 11 is 1.93. The minimum atomic E-state index is 0.606. The first kappa shape index (κ1) is 15.5. The van der Waals surface area contributed by atoms with Gasteiger partial charge in [0.1, 0.15) is 0 Å². The number of nitrogens with zero attached hydrogens (tertiary/aromatic N) is 1. The molecule has 1 nitrogen and oxygen atoms in total. The fourth-order valence-electron chi connectivity index (χ4n) is 2.57. The average molecular weight is 289 g/mol. The maximum atomic E-state index is 2.52. The van der Waals surface area contributed by atoms with Crippen molar-refractivity contribution in [2.24, 2.45) is 5.92 Å². The first-order valence-corrected chi connectivity index (χ1v) is 8.80. The van der Waals surface area contributed by atoms with Gasteiger partial charge in [-0.1, -0.05) is 76.4 Å². The smallest absolute Gasteiger partial charge is 0.0763 e. The van der Waals surface area contributed by atoms with Gasteiger partial charge in [0.2, 0.25) is 0 Å². The minimum Gasteiger partial charge on any atom is -0.335 e. The van der Waals surface area contributed by atoms with Crippen LogP contribution in [0.1, 0.15) is 52.9 Å². The maximum absolute atomic E-state index is 2.52. The van der Waals surface area contributed by atoms with Crippen molar-refractivity contribution in [3.63, 3.8) is 0 Å². The van der Waals surface area contributed by atoms with E-state index >= 15 is 0 Å². The Morgan fingerprint density at radius 2 is 1.85 bits per heavy atom. The van der Waals surface area contributed by atoms with Crippen LogP contribution in [-0.2, 0) is 0 Å². The lowest BCUT2D eigenvalue weighted by Crippen LogP contribution is -2.19. The molecule has 1 aliphatic heterocycles. The van der Waals surface area contributed by atoms with Gasteiger partial charge in [0, 0.05) is 11.4 Å². The highest BCUT2D eigenvalue weighted by Crippen LogP contribution is 2.46. The quantitative estimate of drug-likeness (QED) is 0.561. The van der Waals surface area contributed by atoms with Crippen molar-refractivity contribution in [1.82, 2.24) is 0 Å². The molecular weight excluding hydrogens is 262 g/mol. The van der Waals surface area contributed by atoms with E-state index in [9.17, 15) is 0 Å². The number of rotatable bonds is 7. The molecule has 1 heterocycles. The van der Waals surface area contributed by atoms with Crippen LogP contribution in [-0.4, -0.2) is 6.54 Å². The third-order valence-electron chi connectivity index (χ3n) is 3.60. The Bertz CT molecular complexity index is 450. The molecule has 110 valence electrons. The summed E-state index contributed by atoms with van der Waals surface area (Å²) in [6.07, 6.45) is 9.12. The van der Waals surface area contributed by atoms with E-state index in [1.807, 2.05) is 11.8 Å². The second-order valence-electron chi connectivity index (χ2n) is 5.88. The van der Waals surface area contributed by atoms with Gasteiger partial charge in [0.05, 0.1) is 10.7 Å².